The average Bonchev–Trinajstić information content (AvgIpc) is 2.96. The molecule has 0 bridgehead atoms. The molecule has 2 aromatic heterocycles. The number of hydrogen-bond donors (Lipinski definition) is 0. The summed E-state index contributed by atoms with van der Waals surface area (Å²) in [6.07, 6.45) is 4.60. The van der Waals surface area contributed by atoms with E-state index in [9.17, 15) is 9.59 Å². The van der Waals surface area contributed by atoms with Gasteiger partial charge in [-0.3, -0.25) is 14.2 Å². The van der Waals surface area contributed by atoms with Gasteiger partial charge in [-0.05, 0) is 50.0 Å². The van der Waals surface area contributed by atoms with E-state index in [1.807, 2.05) is 13.8 Å². The molecule has 5 nitrogen and oxygen atoms in total. The molecule has 0 aromatic carbocycles. The smallest absolute Gasteiger partial charge is 0.262 e. The first kappa shape index (κ1) is 19.1. The van der Waals surface area contributed by atoms with Crippen LogP contribution in [0.4, 0.5) is 0 Å². The van der Waals surface area contributed by atoms with E-state index in [0.717, 1.165) is 29.5 Å². The van der Waals surface area contributed by atoms with Gasteiger partial charge in [-0.2, -0.15) is 0 Å². The van der Waals surface area contributed by atoms with Crippen LogP contribution in [-0.2, 0) is 24.2 Å². The third-order valence-corrected chi connectivity index (χ3v) is 6.84. The van der Waals surface area contributed by atoms with Gasteiger partial charge in [0.15, 0.2) is 0 Å². The summed E-state index contributed by atoms with van der Waals surface area (Å²) in [7, 11) is 0. The largest absolute Gasteiger partial charge is 0.342 e. The average molecular weight is 376 g/mol. The SMILES string of the molecule is CCN(CC)C(=O)Cn1cnc2sc3c(c2c1=O)CCC(C(C)(C)C)C3. The second-order valence-electron chi connectivity index (χ2n) is 8.23. The Balaban J connectivity index is 1.96. The Morgan fingerprint density at radius 2 is 2.04 bits per heavy atom. The molecule has 2 heterocycles. The van der Waals surface area contributed by atoms with Crippen LogP contribution in [0.5, 0.6) is 0 Å². The molecule has 1 atom stereocenters. The molecule has 26 heavy (non-hydrogen) atoms. The fourth-order valence-corrected chi connectivity index (χ4v) is 5.13. The Kier molecular flexibility index (Phi) is 5.24. The summed E-state index contributed by atoms with van der Waals surface area (Å²) in [5.41, 5.74) is 1.38. The molecule has 1 aliphatic carbocycles. The number of likely N-dealkylation sites (N-methyl/N-ethyl adjacent to an activating group) is 1. The number of carbonyl (C=O) groups is 1. The molecule has 0 saturated heterocycles. The summed E-state index contributed by atoms with van der Waals surface area (Å²) in [6.45, 7) is 12.2. The van der Waals surface area contributed by atoms with E-state index in [4.69, 9.17) is 0 Å². The fourth-order valence-electron chi connectivity index (χ4n) is 3.88. The quantitative estimate of drug-likeness (QED) is 0.822. The van der Waals surface area contributed by atoms with E-state index >= 15 is 0 Å². The third kappa shape index (κ3) is 3.43. The van der Waals surface area contributed by atoms with E-state index in [2.05, 4.69) is 25.8 Å². The first-order valence-electron chi connectivity index (χ1n) is 9.53. The summed E-state index contributed by atoms with van der Waals surface area (Å²) in [6, 6.07) is 0. The molecule has 3 rings (SSSR count). The van der Waals surface area contributed by atoms with Gasteiger partial charge in [-0.15, -0.1) is 11.3 Å². The Morgan fingerprint density at radius 1 is 1.35 bits per heavy atom. The maximum atomic E-state index is 13.0. The van der Waals surface area contributed by atoms with Gasteiger partial charge in [-0.1, -0.05) is 20.8 Å². The lowest BCUT2D eigenvalue weighted by Gasteiger charge is -2.33. The van der Waals surface area contributed by atoms with E-state index in [1.54, 1.807) is 16.2 Å². The Labute approximate surface area is 159 Å². The van der Waals surface area contributed by atoms with E-state index in [0.29, 0.717) is 19.0 Å². The third-order valence-electron chi connectivity index (χ3n) is 5.68. The van der Waals surface area contributed by atoms with Gasteiger partial charge in [0.25, 0.3) is 5.56 Å². The maximum Gasteiger partial charge on any atom is 0.262 e. The Hall–Kier alpha value is -1.69. The Bertz CT molecular complexity index is 872. The van der Waals surface area contributed by atoms with Crippen molar-refractivity contribution in [3.8, 4) is 0 Å². The topological polar surface area (TPSA) is 55.2 Å². The number of hydrogen-bond acceptors (Lipinski definition) is 4. The molecule has 1 unspecified atom stereocenters. The fraction of sp³-hybridized carbons (Fsp3) is 0.650. The number of fused-ring (bicyclic) bond motifs is 3. The number of thiophene rings is 1. The monoisotopic (exact) mass is 375 g/mol. The molecular weight excluding hydrogens is 346 g/mol. The minimum absolute atomic E-state index is 0.0323. The van der Waals surface area contributed by atoms with Crippen LogP contribution in [0.1, 0.15) is 51.5 Å². The number of amides is 1. The standard InChI is InChI=1S/C20H29N3O2S/c1-6-22(7-2)16(24)11-23-12-21-18-17(19(23)25)14-9-8-13(20(3,4)5)10-15(14)26-18/h12-13H,6-11H2,1-5H3. The van der Waals surface area contributed by atoms with Gasteiger partial charge in [0.05, 0.1) is 11.7 Å². The van der Waals surface area contributed by atoms with Crippen molar-refractivity contribution >= 4 is 27.5 Å². The van der Waals surface area contributed by atoms with E-state index in [-0.39, 0.29) is 23.4 Å². The summed E-state index contributed by atoms with van der Waals surface area (Å²) in [5, 5.41) is 0.743. The zero-order valence-electron chi connectivity index (χ0n) is 16.5. The molecule has 6 heteroatoms. The van der Waals surface area contributed by atoms with Crippen LogP contribution in [0.3, 0.4) is 0 Å². The van der Waals surface area contributed by atoms with Crippen molar-refractivity contribution in [2.75, 3.05) is 13.1 Å². The zero-order chi connectivity index (χ0) is 19.1. The lowest BCUT2D eigenvalue weighted by atomic mass is 9.72. The number of nitrogens with zero attached hydrogens (tertiary/aromatic N) is 3. The highest BCUT2D eigenvalue weighted by atomic mass is 32.1. The second-order valence-corrected chi connectivity index (χ2v) is 9.32. The van der Waals surface area contributed by atoms with Gasteiger partial charge >= 0.3 is 0 Å². The van der Waals surface area contributed by atoms with Gasteiger partial charge in [0.1, 0.15) is 11.4 Å². The number of rotatable bonds is 4. The minimum Gasteiger partial charge on any atom is -0.342 e. The van der Waals surface area contributed by atoms with Crippen molar-refractivity contribution < 1.29 is 4.79 Å². The summed E-state index contributed by atoms with van der Waals surface area (Å²) in [5.74, 6) is 0.602. The van der Waals surface area contributed by atoms with E-state index in [1.165, 1.54) is 21.3 Å². The highest BCUT2D eigenvalue weighted by molar-refractivity contribution is 7.18. The molecule has 142 valence electrons. The van der Waals surface area contributed by atoms with Gasteiger partial charge < -0.3 is 4.90 Å². The van der Waals surface area contributed by atoms with Crippen LogP contribution in [0.25, 0.3) is 10.2 Å². The first-order valence-corrected chi connectivity index (χ1v) is 10.3. The van der Waals surface area contributed by atoms with Crippen molar-refractivity contribution in [2.24, 2.45) is 11.3 Å². The molecule has 1 aliphatic rings. The molecule has 0 aliphatic heterocycles. The highest BCUT2D eigenvalue weighted by Crippen LogP contribution is 2.41. The predicted octanol–water partition coefficient (Wildman–Crippen LogP) is 3.48. The summed E-state index contributed by atoms with van der Waals surface area (Å²) >= 11 is 1.66. The van der Waals surface area contributed by atoms with Crippen molar-refractivity contribution in [2.45, 2.75) is 60.4 Å². The summed E-state index contributed by atoms with van der Waals surface area (Å²) < 4.78 is 1.48. The van der Waals surface area contributed by atoms with Crippen molar-refractivity contribution in [1.82, 2.24) is 14.5 Å². The van der Waals surface area contributed by atoms with Crippen LogP contribution in [0.2, 0.25) is 0 Å². The zero-order valence-corrected chi connectivity index (χ0v) is 17.3. The van der Waals surface area contributed by atoms with Crippen molar-refractivity contribution in [3.63, 3.8) is 0 Å². The molecule has 0 spiro atoms. The van der Waals surface area contributed by atoms with E-state index < -0.39 is 0 Å². The second kappa shape index (κ2) is 7.14. The van der Waals surface area contributed by atoms with Crippen molar-refractivity contribution in [3.05, 3.63) is 27.1 Å². The van der Waals surface area contributed by atoms with Gasteiger partial charge in [0, 0.05) is 18.0 Å². The molecule has 0 N–H and O–H groups in total. The van der Waals surface area contributed by atoms with Crippen LogP contribution in [0, 0.1) is 11.3 Å². The van der Waals surface area contributed by atoms with Crippen molar-refractivity contribution in [1.29, 1.82) is 0 Å². The normalized spacial score (nSPS) is 17.3. The Morgan fingerprint density at radius 3 is 2.65 bits per heavy atom. The molecule has 2 aromatic rings. The van der Waals surface area contributed by atoms with Crippen LogP contribution >= 0.6 is 11.3 Å². The molecular formula is C20H29N3O2S. The molecule has 1 amide bonds. The number of aromatic nitrogens is 2. The summed E-state index contributed by atoms with van der Waals surface area (Å²) in [4.78, 5) is 33.8. The predicted molar refractivity (Wildman–Crippen MR) is 107 cm³/mol. The lowest BCUT2D eigenvalue weighted by molar-refractivity contribution is -0.131. The van der Waals surface area contributed by atoms with Gasteiger partial charge in [0.2, 0.25) is 5.91 Å². The molecule has 0 fully saturated rings. The molecule has 0 saturated carbocycles. The van der Waals surface area contributed by atoms with Crippen LogP contribution in [0.15, 0.2) is 11.1 Å². The maximum absolute atomic E-state index is 13.0. The molecule has 0 radical (unpaired) electrons. The van der Waals surface area contributed by atoms with Gasteiger partial charge in [-0.25, -0.2) is 4.98 Å². The first-order chi connectivity index (χ1) is 12.3. The van der Waals surface area contributed by atoms with Crippen LogP contribution in [-0.4, -0.2) is 33.4 Å². The highest BCUT2D eigenvalue weighted by Gasteiger charge is 2.31. The number of aryl methyl sites for hydroxylation is 1. The number of carbonyl (C=O) groups excluding carboxylic acids is 1. The lowest BCUT2D eigenvalue weighted by Crippen LogP contribution is -2.36. The van der Waals surface area contributed by atoms with Crippen LogP contribution < -0.4 is 5.56 Å². The minimum atomic E-state index is -0.0674.